The molecule has 14 heavy (non-hydrogen) atoms. The highest BCUT2D eigenvalue weighted by molar-refractivity contribution is 9.09. The molecular formula is C12H26BrN. The lowest BCUT2D eigenvalue weighted by Gasteiger charge is -2.28. The molecule has 0 aromatic rings. The Balaban J connectivity index is 3.81. The van der Waals surface area contributed by atoms with E-state index in [2.05, 4.69) is 48.6 Å². The maximum Gasteiger partial charge on any atom is 0.00718 e. The van der Waals surface area contributed by atoms with Crippen LogP contribution in [0.1, 0.15) is 46.5 Å². The summed E-state index contributed by atoms with van der Waals surface area (Å²) in [4.78, 5) is 2.51. The van der Waals surface area contributed by atoms with Crippen LogP contribution in [-0.4, -0.2) is 29.9 Å². The van der Waals surface area contributed by atoms with Crippen LogP contribution in [0.15, 0.2) is 0 Å². The molecule has 86 valence electrons. The fourth-order valence-corrected chi connectivity index (χ4v) is 2.38. The lowest BCUT2D eigenvalue weighted by atomic mass is 10.0. The summed E-state index contributed by atoms with van der Waals surface area (Å²) >= 11 is 3.61. The van der Waals surface area contributed by atoms with Crippen molar-refractivity contribution in [2.45, 2.75) is 52.5 Å². The lowest BCUT2D eigenvalue weighted by molar-refractivity contribution is 0.211. The summed E-state index contributed by atoms with van der Waals surface area (Å²) in [5.74, 6) is 0.823. The van der Waals surface area contributed by atoms with Crippen LogP contribution < -0.4 is 0 Å². The van der Waals surface area contributed by atoms with E-state index < -0.39 is 0 Å². The topological polar surface area (TPSA) is 3.24 Å². The van der Waals surface area contributed by atoms with E-state index in [-0.39, 0.29) is 0 Å². The summed E-state index contributed by atoms with van der Waals surface area (Å²) in [6.45, 7) is 8.10. The van der Waals surface area contributed by atoms with Gasteiger partial charge in [0.1, 0.15) is 0 Å². The minimum absolute atomic E-state index is 0.735. The number of hydrogen-bond acceptors (Lipinski definition) is 1. The molecule has 2 heteroatoms. The molecule has 0 aromatic carbocycles. The SMILES string of the molecule is CCCC(CBr)CN(C)C(C)CCC. The zero-order valence-corrected chi connectivity index (χ0v) is 11.8. The maximum absolute atomic E-state index is 3.61. The van der Waals surface area contributed by atoms with Crippen LogP contribution in [0.2, 0.25) is 0 Å². The van der Waals surface area contributed by atoms with Crippen molar-refractivity contribution in [3.8, 4) is 0 Å². The zero-order valence-electron chi connectivity index (χ0n) is 10.2. The maximum atomic E-state index is 3.61. The molecular weight excluding hydrogens is 238 g/mol. The fraction of sp³-hybridized carbons (Fsp3) is 1.00. The van der Waals surface area contributed by atoms with Gasteiger partial charge in [0.25, 0.3) is 0 Å². The molecule has 2 unspecified atom stereocenters. The Bertz CT molecular complexity index is 127. The highest BCUT2D eigenvalue weighted by atomic mass is 79.9. The molecule has 0 N–H and O–H groups in total. The molecule has 0 aliphatic carbocycles. The molecule has 0 spiro atoms. The van der Waals surface area contributed by atoms with Crippen molar-refractivity contribution in [3.63, 3.8) is 0 Å². The minimum atomic E-state index is 0.735. The van der Waals surface area contributed by atoms with Crippen LogP contribution in [-0.2, 0) is 0 Å². The van der Waals surface area contributed by atoms with Crippen molar-refractivity contribution in [1.29, 1.82) is 0 Å². The molecule has 1 nitrogen and oxygen atoms in total. The third kappa shape index (κ3) is 6.02. The summed E-state index contributed by atoms with van der Waals surface area (Å²) in [6.07, 6.45) is 5.25. The van der Waals surface area contributed by atoms with Gasteiger partial charge in [0.2, 0.25) is 0 Å². The number of rotatable bonds is 8. The molecule has 0 aromatic heterocycles. The van der Waals surface area contributed by atoms with Gasteiger partial charge in [0, 0.05) is 17.9 Å². The van der Waals surface area contributed by atoms with Gasteiger partial charge >= 0.3 is 0 Å². The van der Waals surface area contributed by atoms with Crippen LogP contribution >= 0.6 is 15.9 Å². The van der Waals surface area contributed by atoms with Gasteiger partial charge in [0.15, 0.2) is 0 Å². The van der Waals surface area contributed by atoms with Crippen LogP contribution in [0.5, 0.6) is 0 Å². The van der Waals surface area contributed by atoms with E-state index >= 15 is 0 Å². The Labute approximate surface area is 98.4 Å². The van der Waals surface area contributed by atoms with Crippen molar-refractivity contribution in [2.75, 3.05) is 18.9 Å². The van der Waals surface area contributed by atoms with Crippen LogP contribution in [0.3, 0.4) is 0 Å². The molecule has 0 amide bonds. The predicted octanol–water partition coefficient (Wildman–Crippen LogP) is 3.92. The second-order valence-corrected chi connectivity index (χ2v) is 5.03. The van der Waals surface area contributed by atoms with Gasteiger partial charge in [0.05, 0.1) is 0 Å². The first kappa shape index (κ1) is 14.4. The molecule has 0 aliphatic rings. The van der Waals surface area contributed by atoms with Crippen molar-refractivity contribution in [3.05, 3.63) is 0 Å². The Morgan fingerprint density at radius 1 is 1.14 bits per heavy atom. The van der Waals surface area contributed by atoms with E-state index in [9.17, 15) is 0 Å². The molecule has 0 radical (unpaired) electrons. The fourth-order valence-electron chi connectivity index (χ4n) is 1.85. The molecule has 0 heterocycles. The molecule has 0 fully saturated rings. The third-order valence-electron chi connectivity index (χ3n) is 2.92. The predicted molar refractivity (Wildman–Crippen MR) is 69.2 cm³/mol. The van der Waals surface area contributed by atoms with Crippen molar-refractivity contribution in [2.24, 2.45) is 5.92 Å². The monoisotopic (exact) mass is 263 g/mol. The Morgan fingerprint density at radius 3 is 2.14 bits per heavy atom. The van der Waals surface area contributed by atoms with Gasteiger partial charge in [-0.2, -0.15) is 0 Å². The lowest BCUT2D eigenvalue weighted by Crippen LogP contribution is -2.34. The largest absolute Gasteiger partial charge is 0.303 e. The summed E-state index contributed by atoms with van der Waals surface area (Å²) in [5, 5.41) is 1.14. The molecule has 0 saturated carbocycles. The smallest absolute Gasteiger partial charge is 0.00718 e. The second kappa shape index (κ2) is 8.72. The minimum Gasteiger partial charge on any atom is -0.303 e. The van der Waals surface area contributed by atoms with Gasteiger partial charge in [-0.3, -0.25) is 0 Å². The Morgan fingerprint density at radius 2 is 1.71 bits per heavy atom. The van der Waals surface area contributed by atoms with E-state index in [0.29, 0.717) is 0 Å². The number of nitrogens with zero attached hydrogens (tertiary/aromatic N) is 1. The first-order valence-corrected chi connectivity index (χ1v) is 7.03. The van der Waals surface area contributed by atoms with Gasteiger partial charge < -0.3 is 4.90 Å². The van der Waals surface area contributed by atoms with Gasteiger partial charge in [-0.25, -0.2) is 0 Å². The number of alkyl halides is 1. The molecule has 2 atom stereocenters. The van der Waals surface area contributed by atoms with E-state index in [0.717, 1.165) is 17.3 Å². The third-order valence-corrected chi connectivity index (χ3v) is 3.84. The average Bonchev–Trinajstić information content (AvgIpc) is 2.17. The highest BCUT2D eigenvalue weighted by Gasteiger charge is 2.13. The average molecular weight is 264 g/mol. The standard InChI is InChI=1S/C12H26BrN/c1-5-7-11(3)14(4)10-12(9-13)8-6-2/h11-12H,5-10H2,1-4H3. The van der Waals surface area contributed by atoms with Crippen LogP contribution in [0, 0.1) is 5.92 Å². The number of hydrogen-bond donors (Lipinski definition) is 0. The summed E-state index contributed by atoms with van der Waals surface area (Å²) in [5.41, 5.74) is 0. The van der Waals surface area contributed by atoms with E-state index in [1.165, 1.54) is 32.2 Å². The molecule has 0 bridgehead atoms. The van der Waals surface area contributed by atoms with E-state index in [1.54, 1.807) is 0 Å². The van der Waals surface area contributed by atoms with Crippen molar-refractivity contribution < 1.29 is 0 Å². The first-order valence-electron chi connectivity index (χ1n) is 5.91. The normalized spacial score (nSPS) is 15.9. The van der Waals surface area contributed by atoms with Crippen LogP contribution in [0.4, 0.5) is 0 Å². The van der Waals surface area contributed by atoms with E-state index in [4.69, 9.17) is 0 Å². The zero-order chi connectivity index (χ0) is 11.0. The molecule has 0 rings (SSSR count). The van der Waals surface area contributed by atoms with Crippen molar-refractivity contribution in [1.82, 2.24) is 4.90 Å². The molecule has 0 saturated heterocycles. The van der Waals surface area contributed by atoms with Gasteiger partial charge in [-0.05, 0) is 32.7 Å². The van der Waals surface area contributed by atoms with Gasteiger partial charge in [-0.1, -0.05) is 42.6 Å². The highest BCUT2D eigenvalue weighted by Crippen LogP contribution is 2.14. The quantitative estimate of drug-likeness (QED) is 0.601. The second-order valence-electron chi connectivity index (χ2n) is 4.39. The van der Waals surface area contributed by atoms with Crippen LogP contribution in [0.25, 0.3) is 0 Å². The molecule has 0 aliphatic heterocycles. The summed E-state index contributed by atoms with van der Waals surface area (Å²) in [7, 11) is 2.26. The first-order chi connectivity index (χ1) is 6.65. The summed E-state index contributed by atoms with van der Waals surface area (Å²) in [6, 6.07) is 0.735. The number of halogens is 1. The van der Waals surface area contributed by atoms with E-state index in [1.807, 2.05) is 0 Å². The summed E-state index contributed by atoms with van der Waals surface area (Å²) < 4.78 is 0. The van der Waals surface area contributed by atoms with Gasteiger partial charge in [-0.15, -0.1) is 0 Å². The Hall–Kier alpha value is 0.440. The van der Waals surface area contributed by atoms with Crippen molar-refractivity contribution >= 4 is 15.9 Å². The Kier molecular flexibility index (Phi) is 9.00.